The van der Waals surface area contributed by atoms with Crippen LogP contribution in [-0.2, 0) is 5.41 Å². The van der Waals surface area contributed by atoms with Gasteiger partial charge in [0.25, 0.3) is 0 Å². The molecule has 120 valence electrons. The molecule has 0 saturated carbocycles. The van der Waals surface area contributed by atoms with Crippen molar-refractivity contribution in [3.05, 3.63) is 65.9 Å². The van der Waals surface area contributed by atoms with E-state index in [0.29, 0.717) is 16.7 Å². The molecule has 1 heterocycles. The quantitative estimate of drug-likeness (QED) is 0.620. The normalized spacial score (nSPS) is 11.2. The van der Waals surface area contributed by atoms with Gasteiger partial charge in [0.2, 0.25) is 11.0 Å². The molecule has 0 unspecified atom stereocenters. The van der Waals surface area contributed by atoms with Crippen LogP contribution in [-0.4, -0.2) is 4.98 Å². The van der Waals surface area contributed by atoms with E-state index in [2.05, 4.69) is 44.0 Å². The van der Waals surface area contributed by atoms with Gasteiger partial charge in [-0.25, -0.2) is 0 Å². The zero-order valence-corrected chi connectivity index (χ0v) is 14.7. The van der Waals surface area contributed by atoms with Crippen LogP contribution in [0, 0.1) is 11.3 Å². The minimum Gasteiger partial charge on any atom is -0.428 e. The molecule has 3 rings (SSSR count). The number of rotatable bonds is 3. The lowest BCUT2D eigenvalue weighted by atomic mass is 9.87. The monoisotopic (exact) mass is 334 g/mol. The van der Waals surface area contributed by atoms with Crippen molar-refractivity contribution in [1.82, 2.24) is 4.98 Å². The Kier molecular flexibility index (Phi) is 4.46. The molecule has 0 bridgehead atoms. The Morgan fingerprint density at radius 3 is 2.25 bits per heavy atom. The van der Waals surface area contributed by atoms with E-state index in [1.54, 1.807) is 0 Å². The minimum absolute atomic E-state index is 0.0985. The van der Waals surface area contributed by atoms with Crippen LogP contribution in [0.1, 0.15) is 32.0 Å². The van der Waals surface area contributed by atoms with Crippen LogP contribution in [0.2, 0.25) is 0 Å². The molecule has 3 nitrogen and oxygen atoms in total. The molecule has 0 spiro atoms. The van der Waals surface area contributed by atoms with Crippen LogP contribution in [0.25, 0.3) is 11.5 Å². The van der Waals surface area contributed by atoms with Gasteiger partial charge in [-0.1, -0.05) is 51.1 Å². The Bertz CT molecular complexity index is 869. The predicted molar refractivity (Wildman–Crippen MR) is 95.9 cm³/mol. The van der Waals surface area contributed by atoms with E-state index in [1.165, 1.54) is 17.3 Å². The van der Waals surface area contributed by atoms with Crippen LogP contribution in [0.15, 0.2) is 69.0 Å². The van der Waals surface area contributed by atoms with Crippen molar-refractivity contribution in [2.45, 2.75) is 36.2 Å². The van der Waals surface area contributed by atoms with Crippen LogP contribution in [0.5, 0.6) is 0 Å². The fourth-order valence-electron chi connectivity index (χ4n) is 2.28. The molecule has 0 radical (unpaired) electrons. The van der Waals surface area contributed by atoms with Crippen LogP contribution >= 0.6 is 11.8 Å². The summed E-state index contributed by atoms with van der Waals surface area (Å²) in [6, 6.07) is 20.1. The Hall–Kier alpha value is -2.51. The first-order valence-electron chi connectivity index (χ1n) is 7.72. The Labute approximate surface area is 146 Å². The molecule has 1 aromatic heterocycles. The first-order valence-corrected chi connectivity index (χ1v) is 8.54. The van der Waals surface area contributed by atoms with Crippen LogP contribution in [0.4, 0.5) is 0 Å². The maximum absolute atomic E-state index is 9.32. The Morgan fingerprint density at radius 2 is 1.67 bits per heavy atom. The second kappa shape index (κ2) is 6.54. The topological polar surface area (TPSA) is 49.8 Å². The first kappa shape index (κ1) is 16.4. The number of hydrogen-bond acceptors (Lipinski definition) is 4. The van der Waals surface area contributed by atoms with Gasteiger partial charge in [-0.15, -0.1) is 0 Å². The van der Waals surface area contributed by atoms with Crippen molar-refractivity contribution in [1.29, 1.82) is 5.26 Å². The maximum atomic E-state index is 9.32. The number of hydrogen-bond donors (Lipinski definition) is 0. The largest absolute Gasteiger partial charge is 0.428 e. The van der Waals surface area contributed by atoms with Gasteiger partial charge in [-0.2, -0.15) is 10.2 Å². The molecule has 4 heteroatoms. The van der Waals surface area contributed by atoms with Gasteiger partial charge in [0.05, 0.1) is 0 Å². The third kappa shape index (κ3) is 3.52. The number of benzene rings is 2. The highest BCUT2D eigenvalue weighted by Gasteiger charge is 2.17. The summed E-state index contributed by atoms with van der Waals surface area (Å²) in [5.74, 6) is 0.477. The highest BCUT2D eigenvalue weighted by Crippen LogP contribution is 2.34. The summed E-state index contributed by atoms with van der Waals surface area (Å²) in [7, 11) is 0. The standard InChI is InChI=1S/C20H18N2OS/c1-20(2,3)15-11-9-14(10-12-15)18-22-17(13-21)19(23-18)24-16-7-5-4-6-8-16/h4-12H,1-3H3. The molecule has 3 aromatic rings. The fourth-order valence-corrected chi connectivity index (χ4v) is 3.09. The molecule has 0 aliphatic rings. The molecular formula is C20H18N2OS. The van der Waals surface area contributed by atoms with E-state index in [-0.39, 0.29) is 5.41 Å². The fraction of sp³-hybridized carbons (Fsp3) is 0.200. The lowest BCUT2D eigenvalue weighted by molar-refractivity contribution is 0.483. The number of nitriles is 1. The summed E-state index contributed by atoms with van der Waals surface area (Å²) >= 11 is 1.41. The molecule has 0 aliphatic carbocycles. The predicted octanol–water partition coefficient (Wildman–Crippen LogP) is 5.66. The molecule has 0 fully saturated rings. The summed E-state index contributed by atoms with van der Waals surface area (Å²) in [6.45, 7) is 6.53. The number of aromatic nitrogens is 1. The van der Waals surface area contributed by atoms with Gasteiger partial charge in [0, 0.05) is 10.5 Å². The van der Waals surface area contributed by atoms with E-state index in [0.717, 1.165) is 10.5 Å². The van der Waals surface area contributed by atoms with E-state index in [9.17, 15) is 5.26 Å². The Morgan fingerprint density at radius 1 is 1.00 bits per heavy atom. The van der Waals surface area contributed by atoms with Crippen LogP contribution < -0.4 is 0 Å². The van der Waals surface area contributed by atoms with Gasteiger partial charge >= 0.3 is 0 Å². The molecule has 2 aromatic carbocycles. The molecular weight excluding hydrogens is 316 g/mol. The minimum atomic E-state index is 0.0985. The third-order valence-electron chi connectivity index (χ3n) is 3.65. The zero-order chi connectivity index (χ0) is 17.2. The average Bonchev–Trinajstić information content (AvgIpc) is 2.98. The van der Waals surface area contributed by atoms with Gasteiger partial charge in [0.1, 0.15) is 6.07 Å². The van der Waals surface area contributed by atoms with E-state index >= 15 is 0 Å². The van der Waals surface area contributed by atoms with Crippen LogP contribution in [0.3, 0.4) is 0 Å². The van der Waals surface area contributed by atoms with Crippen molar-refractivity contribution in [2.75, 3.05) is 0 Å². The Balaban J connectivity index is 1.91. The molecule has 0 saturated heterocycles. The highest BCUT2D eigenvalue weighted by molar-refractivity contribution is 7.99. The van der Waals surface area contributed by atoms with Crippen molar-refractivity contribution in [3.63, 3.8) is 0 Å². The summed E-state index contributed by atoms with van der Waals surface area (Å²) in [5.41, 5.74) is 2.54. The lowest BCUT2D eigenvalue weighted by Gasteiger charge is -2.18. The molecule has 0 N–H and O–H groups in total. The molecule has 0 amide bonds. The molecule has 24 heavy (non-hydrogen) atoms. The zero-order valence-electron chi connectivity index (χ0n) is 13.9. The van der Waals surface area contributed by atoms with E-state index in [1.807, 2.05) is 42.5 Å². The lowest BCUT2D eigenvalue weighted by Crippen LogP contribution is -2.10. The average molecular weight is 334 g/mol. The van der Waals surface area contributed by atoms with Crippen molar-refractivity contribution >= 4 is 11.8 Å². The second-order valence-corrected chi connectivity index (χ2v) is 7.56. The van der Waals surface area contributed by atoms with Crippen molar-refractivity contribution in [3.8, 4) is 17.5 Å². The van der Waals surface area contributed by atoms with E-state index in [4.69, 9.17) is 4.42 Å². The van der Waals surface area contributed by atoms with Gasteiger partial charge < -0.3 is 4.42 Å². The SMILES string of the molecule is CC(C)(C)c1ccc(-c2nc(C#N)c(Sc3ccccc3)o2)cc1. The summed E-state index contributed by atoms with van der Waals surface area (Å²) in [5, 5.41) is 9.85. The third-order valence-corrected chi connectivity index (χ3v) is 4.62. The van der Waals surface area contributed by atoms with Gasteiger partial charge in [-0.3, -0.25) is 0 Å². The van der Waals surface area contributed by atoms with Crippen molar-refractivity contribution in [2.24, 2.45) is 0 Å². The summed E-state index contributed by atoms with van der Waals surface area (Å²) in [6.07, 6.45) is 0. The number of oxazole rings is 1. The maximum Gasteiger partial charge on any atom is 0.228 e. The molecule has 0 atom stereocenters. The van der Waals surface area contributed by atoms with Crippen molar-refractivity contribution < 1.29 is 4.42 Å². The smallest absolute Gasteiger partial charge is 0.228 e. The summed E-state index contributed by atoms with van der Waals surface area (Å²) < 4.78 is 5.85. The first-order chi connectivity index (χ1) is 11.5. The second-order valence-electron chi connectivity index (χ2n) is 6.51. The number of nitrogens with zero attached hydrogens (tertiary/aromatic N) is 2. The highest BCUT2D eigenvalue weighted by atomic mass is 32.2. The molecule has 0 aliphatic heterocycles. The van der Waals surface area contributed by atoms with Gasteiger partial charge in [0.15, 0.2) is 5.69 Å². The summed E-state index contributed by atoms with van der Waals surface area (Å²) in [4.78, 5) is 5.35. The van der Waals surface area contributed by atoms with E-state index < -0.39 is 0 Å². The van der Waals surface area contributed by atoms with Gasteiger partial charge in [-0.05, 0) is 47.0 Å².